The normalized spacial score (nSPS) is 27.2. The molecule has 1 aromatic rings. The van der Waals surface area contributed by atoms with Gasteiger partial charge in [-0.05, 0) is 64.0 Å². The fourth-order valence-electron chi connectivity index (χ4n) is 5.03. The number of benzene rings is 1. The summed E-state index contributed by atoms with van der Waals surface area (Å²) in [5.41, 5.74) is 1.07. The van der Waals surface area contributed by atoms with Crippen molar-refractivity contribution in [3.05, 3.63) is 23.3 Å². The highest BCUT2D eigenvalue weighted by molar-refractivity contribution is 8.22. The van der Waals surface area contributed by atoms with E-state index in [2.05, 4.69) is 37.4 Å². The molecule has 1 aliphatic heterocycles. The maximum atomic E-state index is 11.8. The van der Waals surface area contributed by atoms with Gasteiger partial charge in [0.2, 0.25) is 0 Å². The average Bonchev–Trinajstić information content (AvgIpc) is 3.32. The summed E-state index contributed by atoms with van der Waals surface area (Å²) in [6.45, 7) is 7.83. The molecule has 3 rings (SSSR count). The fraction of sp³-hybridized carbons (Fsp3) is 0.692. The smallest absolute Gasteiger partial charge is 0.303 e. The van der Waals surface area contributed by atoms with Crippen molar-refractivity contribution in [1.82, 2.24) is 0 Å². The van der Waals surface area contributed by atoms with Crippen LogP contribution in [0.1, 0.15) is 82.1 Å². The molecule has 1 spiro atoms. The number of aliphatic carboxylic acids is 1. The summed E-state index contributed by atoms with van der Waals surface area (Å²) in [6, 6.07) is 3.47. The van der Waals surface area contributed by atoms with Crippen LogP contribution in [0.4, 0.5) is 0 Å². The molecule has 1 aromatic carbocycles. The third kappa shape index (κ3) is 6.82. The number of carboxylic acid groups (broad SMARTS) is 1. The van der Waals surface area contributed by atoms with E-state index in [0.717, 1.165) is 49.2 Å². The van der Waals surface area contributed by atoms with Crippen molar-refractivity contribution in [1.29, 1.82) is 0 Å². The summed E-state index contributed by atoms with van der Waals surface area (Å²) >= 11 is 6.11. The van der Waals surface area contributed by atoms with Gasteiger partial charge in [-0.25, -0.2) is 0 Å². The van der Waals surface area contributed by atoms with E-state index >= 15 is 0 Å². The molecule has 190 valence electrons. The Labute approximate surface area is 216 Å². The van der Waals surface area contributed by atoms with Crippen LogP contribution in [0.3, 0.4) is 0 Å². The monoisotopic (exact) mass is 526 g/mol. The van der Waals surface area contributed by atoms with Gasteiger partial charge in [0.05, 0.1) is 9.64 Å². The van der Waals surface area contributed by atoms with Crippen LogP contribution in [-0.2, 0) is 11.2 Å². The summed E-state index contributed by atoms with van der Waals surface area (Å²) in [6.07, 6.45) is 6.13. The number of carboxylic acids is 1. The predicted molar refractivity (Wildman–Crippen MR) is 145 cm³/mol. The van der Waals surface area contributed by atoms with Crippen LogP contribution in [0.25, 0.3) is 0 Å². The van der Waals surface area contributed by atoms with Gasteiger partial charge >= 0.3 is 5.97 Å². The van der Waals surface area contributed by atoms with Crippen LogP contribution < -0.4 is 4.74 Å². The van der Waals surface area contributed by atoms with Crippen molar-refractivity contribution >= 4 is 47.0 Å². The third-order valence-electron chi connectivity index (χ3n) is 6.63. The highest BCUT2D eigenvalue weighted by Crippen LogP contribution is 2.62. The first-order valence-electron chi connectivity index (χ1n) is 12.4. The van der Waals surface area contributed by atoms with Gasteiger partial charge < -0.3 is 14.9 Å². The van der Waals surface area contributed by atoms with E-state index in [-0.39, 0.29) is 21.7 Å². The lowest BCUT2D eigenvalue weighted by Gasteiger charge is -2.22. The number of carbonyl (C=O) groups excluding carboxylic acids is 1. The zero-order chi connectivity index (χ0) is 24.9. The first-order valence-corrected chi connectivity index (χ1v) is 15.3. The van der Waals surface area contributed by atoms with E-state index in [1.54, 1.807) is 6.07 Å². The van der Waals surface area contributed by atoms with Crippen molar-refractivity contribution < 1.29 is 24.5 Å². The highest BCUT2D eigenvalue weighted by atomic mass is 32.2. The number of ketones is 1. The summed E-state index contributed by atoms with van der Waals surface area (Å²) in [4.78, 5) is 22.9. The van der Waals surface area contributed by atoms with Crippen molar-refractivity contribution in [2.75, 3.05) is 11.5 Å². The van der Waals surface area contributed by atoms with Crippen LogP contribution >= 0.6 is 35.3 Å². The highest BCUT2D eigenvalue weighted by Gasteiger charge is 2.50. The molecular formula is C26H38O5S3. The van der Waals surface area contributed by atoms with E-state index in [1.165, 1.54) is 6.92 Å². The second kappa shape index (κ2) is 12.3. The van der Waals surface area contributed by atoms with Crippen LogP contribution in [-0.4, -0.2) is 54.2 Å². The summed E-state index contributed by atoms with van der Waals surface area (Å²) in [5.74, 6) is 2.15. The molecular weight excluding hydrogens is 488 g/mol. The number of phenols is 1. The minimum atomic E-state index is -0.672. The van der Waals surface area contributed by atoms with E-state index in [1.807, 2.05) is 24.8 Å². The molecule has 0 amide bonds. The summed E-state index contributed by atoms with van der Waals surface area (Å²) in [7, 11) is 0. The van der Waals surface area contributed by atoms with Crippen molar-refractivity contribution in [2.45, 2.75) is 93.3 Å². The Bertz CT molecular complexity index is 876. The number of thioether (sulfide) groups is 3. The number of carbonyl (C=O) groups is 2. The molecule has 8 heteroatoms. The van der Waals surface area contributed by atoms with Gasteiger partial charge in [-0.3, -0.25) is 9.59 Å². The molecule has 34 heavy (non-hydrogen) atoms. The van der Waals surface area contributed by atoms with Gasteiger partial charge in [0.1, 0.15) is 17.6 Å². The Morgan fingerprint density at radius 2 is 2.00 bits per heavy atom. The van der Waals surface area contributed by atoms with Gasteiger partial charge in [0, 0.05) is 34.0 Å². The molecule has 0 bridgehead atoms. The van der Waals surface area contributed by atoms with Gasteiger partial charge in [0.15, 0.2) is 5.78 Å². The molecule has 1 saturated heterocycles. The summed E-state index contributed by atoms with van der Waals surface area (Å²) in [5, 5.41) is 20.9. The van der Waals surface area contributed by atoms with Gasteiger partial charge in [0.25, 0.3) is 0 Å². The Balaban J connectivity index is 1.54. The fourth-order valence-corrected chi connectivity index (χ4v) is 11.0. The quantitative estimate of drug-likeness (QED) is 0.293. The van der Waals surface area contributed by atoms with Crippen LogP contribution in [0.2, 0.25) is 0 Å². The van der Waals surface area contributed by atoms with Crippen LogP contribution in [0, 0.1) is 5.92 Å². The second-order valence-corrected chi connectivity index (χ2v) is 14.1. The SMILES string of the molecule is CCCc1c(OC(C)CSCC2SC3(CCC(CC(=O)O)C3)SC2CC)ccc(C(C)=O)c1O. The summed E-state index contributed by atoms with van der Waals surface area (Å²) < 4.78 is 6.42. The van der Waals surface area contributed by atoms with Crippen LogP contribution in [0.5, 0.6) is 11.5 Å². The zero-order valence-electron chi connectivity index (χ0n) is 20.7. The lowest BCUT2D eigenvalue weighted by Crippen LogP contribution is -2.21. The van der Waals surface area contributed by atoms with E-state index < -0.39 is 5.97 Å². The molecule has 2 N–H and O–H groups in total. The zero-order valence-corrected chi connectivity index (χ0v) is 23.1. The van der Waals surface area contributed by atoms with E-state index in [9.17, 15) is 19.8 Å². The minimum Gasteiger partial charge on any atom is -0.507 e. The molecule has 5 nitrogen and oxygen atoms in total. The topological polar surface area (TPSA) is 83.8 Å². The number of Topliss-reactive ketones (excluding diaryl/α,β-unsaturated/α-hetero) is 1. The largest absolute Gasteiger partial charge is 0.507 e. The molecule has 5 unspecified atom stereocenters. The number of phenolic OH excluding ortho intramolecular Hbond substituents is 1. The minimum absolute atomic E-state index is 0.0114. The van der Waals surface area contributed by atoms with Crippen molar-refractivity contribution in [3.63, 3.8) is 0 Å². The van der Waals surface area contributed by atoms with E-state index in [4.69, 9.17) is 4.74 Å². The number of hydrogen-bond donors (Lipinski definition) is 2. The van der Waals surface area contributed by atoms with Crippen molar-refractivity contribution in [2.24, 2.45) is 5.92 Å². The van der Waals surface area contributed by atoms with Crippen LogP contribution in [0.15, 0.2) is 12.1 Å². The van der Waals surface area contributed by atoms with Crippen molar-refractivity contribution in [3.8, 4) is 11.5 Å². The Morgan fingerprint density at radius 3 is 2.65 bits per heavy atom. The molecule has 1 aliphatic carbocycles. The first-order chi connectivity index (χ1) is 16.2. The van der Waals surface area contributed by atoms with Gasteiger partial charge in [-0.15, -0.1) is 23.5 Å². The van der Waals surface area contributed by atoms with Gasteiger partial charge in [-0.2, -0.15) is 11.8 Å². The molecule has 0 radical (unpaired) electrons. The Kier molecular flexibility index (Phi) is 9.99. The maximum Gasteiger partial charge on any atom is 0.303 e. The molecule has 0 aromatic heterocycles. The second-order valence-electron chi connectivity index (χ2n) is 9.55. The number of ether oxygens (including phenoxy) is 1. The standard InChI is InChI=1S/C26H38O5S3/c1-5-7-20-21(9-8-19(17(4)27)25(20)30)31-16(3)14-32-15-23-22(6-2)33-26(34-23)11-10-18(13-26)12-24(28)29/h8-9,16,18,22-23,30H,5-7,10-15H2,1-4H3,(H,28,29). The lowest BCUT2D eigenvalue weighted by molar-refractivity contribution is -0.138. The van der Waals surface area contributed by atoms with Gasteiger partial charge in [-0.1, -0.05) is 20.3 Å². The van der Waals surface area contributed by atoms with E-state index in [0.29, 0.717) is 40.6 Å². The first kappa shape index (κ1) is 27.6. The molecule has 2 fully saturated rings. The number of hydrogen-bond acceptors (Lipinski definition) is 7. The maximum absolute atomic E-state index is 11.8. The molecule has 2 aliphatic rings. The molecule has 5 atom stereocenters. The number of rotatable bonds is 12. The third-order valence-corrected chi connectivity index (χ3v) is 12.3. The predicted octanol–water partition coefficient (Wildman–Crippen LogP) is 6.65. The Morgan fingerprint density at radius 1 is 1.26 bits per heavy atom. The number of aromatic hydroxyl groups is 1. The Hall–Kier alpha value is -0.990. The lowest BCUT2D eigenvalue weighted by atomic mass is 10.0. The molecule has 1 heterocycles. The molecule has 1 saturated carbocycles. The average molecular weight is 527 g/mol.